The topological polar surface area (TPSA) is 12.0 Å². The number of aryl methyl sites for hydroxylation is 3. The Balaban J connectivity index is 2.69. The van der Waals surface area contributed by atoms with Crippen molar-refractivity contribution in [3.05, 3.63) is 34.4 Å². The van der Waals surface area contributed by atoms with E-state index in [9.17, 15) is 0 Å². The van der Waals surface area contributed by atoms with Gasteiger partial charge in [-0.2, -0.15) is 0 Å². The summed E-state index contributed by atoms with van der Waals surface area (Å²) in [5.41, 5.74) is 5.46. The summed E-state index contributed by atoms with van der Waals surface area (Å²) in [7, 11) is 0. The van der Waals surface area contributed by atoms with Gasteiger partial charge < -0.3 is 5.32 Å². The Morgan fingerprint density at radius 3 is 2.41 bits per heavy atom. The zero-order chi connectivity index (χ0) is 12.8. The summed E-state index contributed by atoms with van der Waals surface area (Å²) in [6.07, 6.45) is 7.24. The molecule has 1 heteroatoms. The maximum absolute atomic E-state index is 5.36. The maximum Gasteiger partial charge on any atom is 0.0240 e. The van der Waals surface area contributed by atoms with Crippen molar-refractivity contribution in [3.8, 4) is 12.3 Å². The van der Waals surface area contributed by atoms with Crippen molar-refractivity contribution in [1.82, 2.24) is 5.32 Å². The molecule has 1 atom stereocenters. The minimum atomic E-state index is 0.431. The van der Waals surface area contributed by atoms with Crippen molar-refractivity contribution in [3.63, 3.8) is 0 Å². The van der Waals surface area contributed by atoms with Gasteiger partial charge in [-0.1, -0.05) is 19.1 Å². The lowest BCUT2D eigenvalue weighted by Crippen LogP contribution is -2.27. The second kappa shape index (κ2) is 6.47. The summed E-state index contributed by atoms with van der Waals surface area (Å²) in [6, 6.07) is 4.97. The molecule has 92 valence electrons. The highest BCUT2D eigenvalue weighted by Crippen LogP contribution is 2.15. The lowest BCUT2D eigenvalue weighted by atomic mass is 10.0. The van der Waals surface area contributed by atoms with Crippen molar-refractivity contribution in [1.29, 1.82) is 0 Å². The van der Waals surface area contributed by atoms with E-state index < -0.39 is 0 Å². The molecule has 0 saturated heterocycles. The van der Waals surface area contributed by atoms with Crippen LogP contribution in [0, 0.1) is 33.1 Å². The van der Waals surface area contributed by atoms with Crippen molar-refractivity contribution in [2.24, 2.45) is 0 Å². The molecule has 1 aromatic carbocycles. The molecule has 0 aliphatic rings. The standard InChI is InChI=1S/C16H23N/c1-6-8-16(7-2)17-11-15-10-13(4)12(3)9-14(15)5/h1,9-10,16-17H,7-8,11H2,2-5H3. The number of benzene rings is 1. The lowest BCUT2D eigenvalue weighted by Gasteiger charge is -2.16. The molecular weight excluding hydrogens is 206 g/mol. The van der Waals surface area contributed by atoms with E-state index in [1.165, 1.54) is 22.3 Å². The van der Waals surface area contributed by atoms with Crippen LogP contribution in [0.15, 0.2) is 12.1 Å². The van der Waals surface area contributed by atoms with E-state index in [4.69, 9.17) is 6.42 Å². The van der Waals surface area contributed by atoms with Gasteiger partial charge >= 0.3 is 0 Å². The number of rotatable bonds is 5. The Labute approximate surface area is 106 Å². The van der Waals surface area contributed by atoms with Crippen LogP contribution in [0.5, 0.6) is 0 Å². The fraction of sp³-hybridized carbons (Fsp3) is 0.500. The Hall–Kier alpha value is -1.26. The Morgan fingerprint density at radius 1 is 1.18 bits per heavy atom. The highest BCUT2D eigenvalue weighted by atomic mass is 14.9. The monoisotopic (exact) mass is 229 g/mol. The van der Waals surface area contributed by atoms with Crippen LogP contribution in [0.2, 0.25) is 0 Å². The minimum absolute atomic E-state index is 0.431. The number of terminal acetylenes is 1. The van der Waals surface area contributed by atoms with Gasteiger partial charge in [0.25, 0.3) is 0 Å². The molecule has 0 heterocycles. The van der Waals surface area contributed by atoms with Crippen molar-refractivity contribution in [2.75, 3.05) is 0 Å². The third kappa shape index (κ3) is 3.91. The average molecular weight is 229 g/mol. The van der Waals surface area contributed by atoms with Crippen LogP contribution in [0.4, 0.5) is 0 Å². The Bertz CT molecular complexity index is 412. The smallest absolute Gasteiger partial charge is 0.0240 e. The molecule has 1 N–H and O–H groups in total. The molecule has 1 aromatic rings. The minimum Gasteiger partial charge on any atom is -0.309 e. The number of nitrogens with one attached hydrogen (secondary N) is 1. The van der Waals surface area contributed by atoms with Crippen LogP contribution in [0.1, 0.15) is 42.0 Å². The highest BCUT2D eigenvalue weighted by molar-refractivity contribution is 5.36. The molecule has 0 spiro atoms. The first-order chi connectivity index (χ1) is 8.08. The summed E-state index contributed by atoms with van der Waals surface area (Å²) >= 11 is 0. The zero-order valence-corrected chi connectivity index (χ0v) is 11.4. The van der Waals surface area contributed by atoms with Crippen molar-refractivity contribution in [2.45, 2.75) is 53.1 Å². The van der Waals surface area contributed by atoms with Crippen LogP contribution in [0.25, 0.3) is 0 Å². The fourth-order valence-corrected chi connectivity index (χ4v) is 1.97. The van der Waals surface area contributed by atoms with Gasteiger partial charge in [0.15, 0.2) is 0 Å². The fourth-order valence-electron chi connectivity index (χ4n) is 1.97. The second-order valence-electron chi connectivity index (χ2n) is 4.76. The summed E-state index contributed by atoms with van der Waals surface area (Å²) < 4.78 is 0. The summed E-state index contributed by atoms with van der Waals surface area (Å²) in [6.45, 7) is 9.57. The third-order valence-corrected chi connectivity index (χ3v) is 3.39. The van der Waals surface area contributed by atoms with Crippen LogP contribution in [-0.2, 0) is 6.54 Å². The van der Waals surface area contributed by atoms with Crippen LogP contribution in [-0.4, -0.2) is 6.04 Å². The normalized spacial score (nSPS) is 12.2. The first-order valence-corrected chi connectivity index (χ1v) is 6.32. The van der Waals surface area contributed by atoms with Gasteiger partial charge in [0.05, 0.1) is 0 Å². The predicted octanol–water partition coefficient (Wildman–Crippen LogP) is 3.50. The molecule has 17 heavy (non-hydrogen) atoms. The number of hydrogen-bond acceptors (Lipinski definition) is 1. The third-order valence-electron chi connectivity index (χ3n) is 3.39. The van der Waals surface area contributed by atoms with E-state index in [1.54, 1.807) is 0 Å². The molecule has 1 nitrogen and oxygen atoms in total. The maximum atomic E-state index is 5.36. The number of hydrogen-bond donors (Lipinski definition) is 1. The van der Waals surface area contributed by atoms with E-state index in [0.29, 0.717) is 6.04 Å². The summed E-state index contributed by atoms with van der Waals surface area (Å²) in [4.78, 5) is 0. The van der Waals surface area contributed by atoms with E-state index in [2.05, 4.69) is 51.1 Å². The van der Waals surface area contributed by atoms with E-state index in [1.807, 2.05) is 0 Å². The molecule has 0 radical (unpaired) electrons. The summed E-state index contributed by atoms with van der Waals surface area (Å²) in [5, 5.41) is 3.53. The molecule has 0 aromatic heterocycles. The average Bonchev–Trinajstić information content (AvgIpc) is 2.30. The van der Waals surface area contributed by atoms with E-state index in [-0.39, 0.29) is 0 Å². The zero-order valence-electron chi connectivity index (χ0n) is 11.4. The van der Waals surface area contributed by atoms with Crippen molar-refractivity contribution >= 4 is 0 Å². The van der Waals surface area contributed by atoms with E-state index >= 15 is 0 Å². The van der Waals surface area contributed by atoms with E-state index in [0.717, 1.165) is 19.4 Å². The molecule has 0 aliphatic heterocycles. The van der Waals surface area contributed by atoms with Gasteiger partial charge in [0, 0.05) is 19.0 Å². The van der Waals surface area contributed by atoms with Crippen LogP contribution in [0.3, 0.4) is 0 Å². The first kappa shape index (κ1) is 13.8. The molecule has 1 unspecified atom stereocenters. The predicted molar refractivity (Wildman–Crippen MR) is 75.0 cm³/mol. The molecule has 0 aliphatic carbocycles. The molecular formula is C16H23N. The lowest BCUT2D eigenvalue weighted by molar-refractivity contribution is 0.506. The SMILES string of the molecule is C#CCC(CC)NCc1cc(C)c(C)cc1C. The molecule has 1 rings (SSSR count). The van der Waals surface area contributed by atoms with Gasteiger partial charge in [-0.15, -0.1) is 12.3 Å². The van der Waals surface area contributed by atoms with Gasteiger partial charge in [-0.05, 0) is 49.4 Å². The second-order valence-corrected chi connectivity index (χ2v) is 4.76. The van der Waals surface area contributed by atoms with Gasteiger partial charge in [-0.25, -0.2) is 0 Å². The highest BCUT2D eigenvalue weighted by Gasteiger charge is 2.06. The van der Waals surface area contributed by atoms with Crippen LogP contribution < -0.4 is 5.32 Å². The molecule has 0 fully saturated rings. The van der Waals surface area contributed by atoms with Gasteiger partial charge in [0.1, 0.15) is 0 Å². The van der Waals surface area contributed by atoms with Gasteiger partial charge in [0.2, 0.25) is 0 Å². The van der Waals surface area contributed by atoms with Crippen molar-refractivity contribution < 1.29 is 0 Å². The summed E-state index contributed by atoms with van der Waals surface area (Å²) in [5.74, 6) is 2.73. The van der Waals surface area contributed by atoms with Gasteiger partial charge in [-0.3, -0.25) is 0 Å². The quantitative estimate of drug-likeness (QED) is 0.762. The largest absolute Gasteiger partial charge is 0.309 e. The molecule has 0 bridgehead atoms. The molecule has 0 saturated carbocycles. The first-order valence-electron chi connectivity index (χ1n) is 6.32. The van der Waals surface area contributed by atoms with Crippen LogP contribution >= 0.6 is 0 Å². The Kier molecular flexibility index (Phi) is 5.25. The Morgan fingerprint density at radius 2 is 1.82 bits per heavy atom. The molecule has 0 amide bonds.